The molecule has 0 spiro atoms. The number of cyclic esters (lactones) is 1. The molecule has 0 bridgehead atoms. The Labute approximate surface area is 93.8 Å². The molecule has 90 valence electrons. The minimum Gasteiger partial charge on any atom is -0.478 e. The molecular formula is C10H16N2O4. The minimum absolute atomic E-state index is 0.108. The summed E-state index contributed by atoms with van der Waals surface area (Å²) in [5, 5.41) is 8.78. The highest BCUT2D eigenvalue weighted by Crippen LogP contribution is 2.21. The number of rotatable bonds is 3. The first-order chi connectivity index (χ1) is 7.61. The lowest BCUT2D eigenvalue weighted by Crippen LogP contribution is -2.39. The molecule has 0 saturated carbocycles. The van der Waals surface area contributed by atoms with Crippen molar-refractivity contribution in [1.29, 1.82) is 0 Å². The van der Waals surface area contributed by atoms with E-state index in [0.29, 0.717) is 0 Å². The summed E-state index contributed by atoms with van der Waals surface area (Å²) in [6.45, 7) is 4.99. The second kappa shape index (κ2) is 4.29. The van der Waals surface area contributed by atoms with Gasteiger partial charge in [-0.05, 0) is 13.0 Å². The molecule has 2 heterocycles. The largest absolute Gasteiger partial charge is 0.478 e. The Morgan fingerprint density at radius 2 is 2.31 bits per heavy atom. The van der Waals surface area contributed by atoms with Crippen LogP contribution in [0.1, 0.15) is 13.3 Å². The van der Waals surface area contributed by atoms with Gasteiger partial charge < -0.3 is 14.7 Å². The Balaban J connectivity index is 1.96. The molecule has 0 radical (unpaired) electrons. The first-order valence-corrected chi connectivity index (χ1v) is 5.54. The summed E-state index contributed by atoms with van der Waals surface area (Å²) < 4.78 is 4.79. The monoisotopic (exact) mass is 228 g/mol. The fourth-order valence-corrected chi connectivity index (χ4v) is 2.26. The number of hydrogen-bond donors (Lipinski definition) is 1. The van der Waals surface area contributed by atoms with Crippen molar-refractivity contribution in [1.82, 2.24) is 9.80 Å². The molecule has 2 atom stereocenters. The van der Waals surface area contributed by atoms with E-state index in [1.54, 1.807) is 4.90 Å². The van der Waals surface area contributed by atoms with E-state index in [1.165, 1.54) is 0 Å². The molecule has 2 rings (SSSR count). The molecule has 1 N–H and O–H groups in total. The van der Waals surface area contributed by atoms with Crippen molar-refractivity contribution >= 4 is 12.1 Å². The van der Waals surface area contributed by atoms with Crippen molar-refractivity contribution in [3.8, 4) is 0 Å². The number of nitrogens with zero attached hydrogens (tertiary/aromatic N) is 2. The van der Waals surface area contributed by atoms with Gasteiger partial charge in [0.25, 0.3) is 0 Å². The van der Waals surface area contributed by atoms with Crippen molar-refractivity contribution in [3.63, 3.8) is 0 Å². The third-order valence-corrected chi connectivity index (χ3v) is 3.25. The van der Waals surface area contributed by atoms with Crippen molar-refractivity contribution in [2.45, 2.75) is 25.5 Å². The molecule has 2 aliphatic rings. The molecule has 16 heavy (non-hydrogen) atoms. The van der Waals surface area contributed by atoms with Gasteiger partial charge in [0.1, 0.15) is 0 Å². The first kappa shape index (κ1) is 11.2. The maximum Gasteiger partial charge on any atom is 0.411 e. The van der Waals surface area contributed by atoms with E-state index in [4.69, 9.17) is 9.84 Å². The van der Waals surface area contributed by atoms with Crippen molar-refractivity contribution < 1.29 is 19.4 Å². The Bertz CT molecular complexity index is 307. The summed E-state index contributed by atoms with van der Waals surface area (Å²) in [4.78, 5) is 26.0. The zero-order valence-corrected chi connectivity index (χ0v) is 9.26. The lowest BCUT2D eigenvalue weighted by atomic mass is 10.2. The van der Waals surface area contributed by atoms with Gasteiger partial charge in [-0.2, -0.15) is 0 Å². The molecule has 2 fully saturated rings. The number of carbonyl (C=O) groups excluding carboxylic acids is 1. The molecule has 6 nitrogen and oxygen atoms in total. The Kier molecular flexibility index (Phi) is 3.00. The molecule has 0 aliphatic carbocycles. The van der Waals surface area contributed by atoms with E-state index in [2.05, 4.69) is 11.8 Å². The molecule has 2 aliphatic heterocycles. The molecule has 0 aromatic heterocycles. The lowest BCUT2D eigenvalue weighted by molar-refractivity contribution is -0.144. The van der Waals surface area contributed by atoms with Gasteiger partial charge in [0.05, 0.1) is 6.54 Å². The van der Waals surface area contributed by atoms with Crippen LogP contribution >= 0.6 is 0 Å². The first-order valence-electron chi connectivity index (χ1n) is 5.54. The van der Waals surface area contributed by atoms with Crippen LogP contribution in [0, 0.1) is 0 Å². The number of likely N-dealkylation sites (N-methyl/N-ethyl adjacent to an activating group) is 1. The van der Waals surface area contributed by atoms with E-state index in [9.17, 15) is 9.59 Å². The third-order valence-electron chi connectivity index (χ3n) is 3.25. The summed E-state index contributed by atoms with van der Waals surface area (Å²) in [6, 6.07) is 0.108. The number of carboxylic acids is 1. The molecule has 1 amide bonds. The number of carbonyl (C=O) groups is 2. The molecule has 1 unspecified atom stereocenters. The fourth-order valence-electron chi connectivity index (χ4n) is 2.26. The van der Waals surface area contributed by atoms with Crippen LogP contribution in [0.25, 0.3) is 0 Å². The second-order valence-corrected chi connectivity index (χ2v) is 4.20. The summed E-state index contributed by atoms with van der Waals surface area (Å²) >= 11 is 0. The molecule has 6 heteroatoms. The average molecular weight is 228 g/mol. The van der Waals surface area contributed by atoms with Gasteiger partial charge in [0, 0.05) is 19.1 Å². The standard InChI is InChI=1S/C10H16N2O4/c1-2-11-4-3-7(5-11)12-6-8(9(13)14)16-10(12)15/h7-8H,2-6H2,1H3,(H,13,14)/t7?,8-/m1/s1. The summed E-state index contributed by atoms with van der Waals surface area (Å²) in [7, 11) is 0. The number of aliphatic carboxylic acids is 1. The van der Waals surface area contributed by atoms with Gasteiger partial charge in [0.2, 0.25) is 6.10 Å². The highest BCUT2D eigenvalue weighted by atomic mass is 16.6. The van der Waals surface area contributed by atoms with Crippen LogP contribution in [-0.2, 0) is 9.53 Å². The molecule has 2 saturated heterocycles. The quantitative estimate of drug-likeness (QED) is 0.735. The molecule has 0 aromatic rings. The van der Waals surface area contributed by atoms with Gasteiger partial charge in [-0.1, -0.05) is 6.92 Å². The number of likely N-dealkylation sites (tertiary alicyclic amines) is 1. The zero-order chi connectivity index (χ0) is 11.7. The normalized spacial score (nSPS) is 30.8. The van der Waals surface area contributed by atoms with Gasteiger partial charge in [-0.25, -0.2) is 9.59 Å². The maximum atomic E-state index is 11.5. The lowest BCUT2D eigenvalue weighted by Gasteiger charge is -2.21. The number of ether oxygens (including phenoxy) is 1. The van der Waals surface area contributed by atoms with E-state index >= 15 is 0 Å². The van der Waals surface area contributed by atoms with E-state index in [0.717, 1.165) is 26.1 Å². The fraction of sp³-hybridized carbons (Fsp3) is 0.800. The van der Waals surface area contributed by atoms with Crippen LogP contribution in [0.5, 0.6) is 0 Å². The van der Waals surface area contributed by atoms with Gasteiger partial charge >= 0.3 is 12.1 Å². The smallest absolute Gasteiger partial charge is 0.411 e. The van der Waals surface area contributed by atoms with Crippen molar-refractivity contribution in [3.05, 3.63) is 0 Å². The maximum absolute atomic E-state index is 11.5. The van der Waals surface area contributed by atoms with Crippen LogP contribution in [0.15, 0.2) is 0 Å². The van der Waals surface area contributed by atoms with E-state index in [1.807, 2.05) is 0 Å². The highest BCUT2D eigenvalue weighted by Gasteiger charge is 2.41. The van der Waals surface area contributed by atoms with Crippen LogP contribution in [0.3, 0.4) is 0 Å². The number of hydrogen-bond acceptors (Lipinski definition) is 4. The number of carboxylic acid groups (broad SMARTS) is 1. The second-order valence-electron chi connectivity index (χ2n) is 4.20. The van der Waals surface area contributed by atoms with Crippen molar-refractivity contribution in [2.24, 2.45) is 0 Å². The number of amides is 1. The Hall–Kier alpha value is -1.30. The van der Waals surface area contributed by atoms with Crippen LogP contribution in [-0.4, -0.2) is 65.3 Å². The Morgan fingerprint density at radius 3 is 2.81 bits per heavy atom. The van der Waals surface area contributed by atoms with Crippen LogP contribution in [0.4, 0.5) is 4.79 Å². The topological polar surface area (TPSA) is 70.1 Å². The predicted molar refractivity (Wildman–Crippen MR) is 55.1 cm³/mol. The van der Waals surface area contributed by atoms with Crippen LogP contribution < -0.4 is 0 Å². The highest BCUT2D eigenvalue weighted by molar-refractivity contribution is 5.81. The third kappa shape index (κ3) is 1.97. The minimum atomic E-state index is -1.07. The molecular weight excluding hydrogens is 212 g/mol. The Morgan fingerprint density at radius 1 is 1.56 bits per heavy atom. The van der Waals surface area contributed by atoms with Crippen molar-refractivity contribution in [2.75, 3.05) is 26.2 Å². The van der Waals surface area contributed by atoms with Crippen LogP contribution in [0.2, 0.25) is 0 Å². The average Bonchev–Trinajstić information content (AvgIpc) is 2.83. The zero-order valence-electron chi connectivity index (χ0n) is 9.26. The summed E-state index contributed by atoms with van der Waals surface area (Å²) in [5.74, 6) is -1.07. The summed E-state index contributed by atoms with van der Waals surface area (Å²) in [6.07, 6.45) is -0.589. The van der Waals surface area contributed by atoms with E-state index in [-0.39, 0.29) is 12.6 Å². The summed E-state index contributed by atoms with van der Waals surface area (Å²) in [5.41, 5.74) is 0. The van der Waals surface area contributed by atoms with Gasteiger partial charge in [-0.3, -0.25) is 4.90 Å². The SMILES string of the molecule is CCN1CCC(N2C[C@H](C(=O)O)OC2=O)C1. The predicted octanol–water partition coefficient (Wildman–Crippen LogP) is -0.0140. The van der Waals surface area contributed by atoms with Gasteiger partial charge in [0.15, 0.2) is 0 Å². The molecule has 0 aromatic carbocycles. The van der Waals surface area contributed by atoms with E-state index < -0.39 is 18.2 Å². The van der Waals surface area contributed by atoms with Gasteiger partial charge in [-0.15, -0.1) is 0 Å².